The van der Waals surface area contributed by atoms with Crippen LogP contribution in [0.25, 0.3) is 20.7 Å². The van der Waals surface area contributed by atoms with Crippen molar-refractivity contribution in [1.29, 1.82) is 0 Å². The van der Waals surface area contributed by atoms with Crippen LogP contribution in [0.1, 0.15) is 37.9 Å². The monoisotopic (exact) mass is 379 g/mol. The Hall–Kier alpha value is -1.98. The molecule has 27 heavy (non-hydrogen) atoms. The molecule has 5 heteroatoms. The molecule has 0 unspecified atom stereocenters. The number of piperidine rings is 1. The third kappa shape index (κ3) is 3.46. The maximum absolute atomic E-state index is 12.6. The minimum absolute atomic E-state index is 0.0130. The quantitative estimate of drug-likeness (QED) is 0.720. The molecular weight excluding hydrogens is 354 g/mol. The number of fused-ring (bicyclic) bond motifs is 2. The van der Waals surface area contributed by atoms with Crippen molar-refractivity contribution in [3.05, 3.63) is 52.6 Å². The van der Waals surface area contributed by atoms with E-state index in [0.717, 1.165) is 52.6 Å². The Balaban J connectivity index is 1.39. The fourth-order valence-corrected chi connectivity index (χ4v) is 5.88. The molecule has 0 amide bonds. The van der Waals surface area contributed by atoms with E-state index in [-0.39, 0.29) is 5.56 Å². The van der Waals surface area contributed by atoms with Gasteiger partial charge in [-0.05, 0) is 42.9 Å². The van der Waals surface area contributed by atoms with Gasteiger partial charge in [0.2, 0.25) is 0 Å². The maximum atomic E-state index is 12.6. The number of H-pyrrole nitrogens is 1. The minimum Gasteiger partial charge on any atom is -0.309 e. The van der Waals surface area contributed by atoms with Crippen molar-refractivity contribution in [2.45, 2.75) is 38.6 Å². The summed E-state index contributed by atoms with van der Waals surface area (Å²) in [6, 6.07) is 12.2. The molecule has 1 aliphatic carbocycles. The van der Waals surface area contributed by atoms with Gasteiger partial charge in [0, 0.05) is 11.4 Å². The number of hydrogen-bond donors (Lipinski definition) is 1. The van der Waals surface area contributed by atoms with Gasteiger partial charge in [0.15, 0.2) is 0 Å². The summed E-state index contributed by atoms with van der Waals surface area (Å²) in [6.07, 6.45) is 6.88. The van der Waals surface area contributed by atoms with E-state index in [4.69, 9.17) is 4.98 Å². The topological polar surface area (TPSA) is 49.0 Å². The first-order valence-corrected chi connectivity index (χ1v) is 10.9. The van der Waals surface area contributed by atoms with Crippen LogP contribution >= 0.6 is 11.3 Å². The summed E-state index contributed by atoms with van der Waals surface area (Å²) in [6.45, 7) is 3.04. The lowest BCUT2D eigenvalue weighted by molar-refractivity contribution is 0.0803. The number of aromatic amines is 1. The van der Waals surface area contributed by atoms with E-state index in [0.29, 0.717) is 5.39 Å². The summed E-state index contributed by atoms with van der Waals surface area (Å²) in [5, 5.41) is 0.702. The van der Waals surface area contributed by atoms with Gasteiger partial charge >= 0.3 is 0 Å². The molecule has 140 valence electrons. The summed E-state index contributed by atoms with van der Waals surface area (Å²) in [7, 11) is 0. The van der Waals surface area contributed by atoms with E-state index < -0.39 is 0 Å². The molecule has 1 saturated heterocycles. The second-order valence-corrected chi connectivity index (χ2v) is 9.07. The maximum Gasteiger partial charge on any atom is 0.259 e. The van der Waals surface area contributed by atoms with E-state index in [1.807, 2.05) is 24.3 Å². The zero-order chi connectivity index (χ0) is 18.2. The zero-order valence-corrected chi connectivity index (χ0v) is 16.3. The van der Waals surface area contributed by atoms with Gasteiger partial charge in [0.25, 0.3) is 5.56 Å². The van der Waals surface area contributed by atoms with Crippen molar-refractivity contribution >= 4 is 21.6 Å². The van der Waals surface area contributed by atoms with Gasteiger partial charge < -0.3 is 4.98 Å². The number of aromatic nitrogens is 2. The largest absolute Gasteiger partial charge is 0.309 e. The number of thiophene rings is 1. The highest BCUT2D eigenvalue weighted by Crippen LogP contribution is 2.36. The predicted molar refractivity (Wildman–Crippen MR) is 111 cm³/mol. The summed E-state index contributed by atoms with van der Waals surface area (Å²) < 4.78 is 0. The molecule has 3 heterocycles. The Kier molecular flexibility index (Phi) is 4.58. The molecule has 0 radical (unpaired) electrons. The number of nitrogens with one attached hydrogen (secondary N) is 1. The van der Waals surface area contributed by atoms with Crippen LogP contribution in [0.3, 0.4) is 0 Å². The average Bonchev–Trinajstić information content (AvgIpc) is 3.13. The van der Waals surface area contributed by atoms with Gasteiger partial charge in [-0.1, -0.05) is 49.6 Å². The Morgan fingerprint density at radius 1 is 1.11 bits per heavy atom. The minimum atomic E-state index is -0.0130. The van der Waals surface area contributed by atoms with E-state index in [2.05, 4.69) is 22.0 Å². The number of hydrogen-bond acceptors (Lipinski definition) is 4. The summed E-state index contributed by atoms with van der Waals surface area (Å²) in [4.78, 5) is 24.9. The van der Waals surface area contributed by atoms with Crippen LogP contribution in [-0.2, 0) is 6.54 Å². The Bertz CT molecular complexity index is 994. The smallest absolute Gasteiger partial charge is 0.259 e. The van der Waals surface area contributed by atoms with Crippen LogP contribution in [0, 0.1) is 11.8 Å². The van der Waals surface area contributed by atoms with Gasteiger partial charge in [-0.3, -0.25) is 9.69 Å². The molecule has 1 saturated carbocycles. The highest BCUT2D eigenvalue weighted by molar-refractivity contribution is 7.21. The van der Waals surface area contributed by atoms with Crippen LogP contribution in [0.15, 0.2) is 41.2 Å². The second-order valence-electron chi connectivity index (χ2n) is 8.04. The van der Waals surface area contributed by atoms with Crippen molar-refractivity contribution in [1.82, 2.24) is 14.9 Å². The molecule has 1 aliphatic heterocycles. The summed E-state index contributed by atoms with van der Waals surface area (Å²) >= 11 is 1.61. The highest BCUT2D eigenvalue weighted by atomic mass is 32.1. The standard InChI is InChI=1S/C22H25N3OS/c26-21-18-12-19(16-7-2-1-3-8-16)27-22(18)24-20(23-21)14-25-11-10-15-6-4-5-9-17(15)13-25/h1-3,7-8,12,15,17H,4-6,9-11,13-14H2,(H,23,24,26)/t15-,17+/m0/s1. The normalized spacial score (nSPS) is 23.4. The third-order valence-electron chi connectivity index (χ3n) is 6.26. The van der Waals surface area contributed by atoms with Gasteiger partial charge in [-0.15, -0.1) is 11.3 Å². The number of benzene rings is 1. The Morgan fingerprint density at radius 2 is 1.93 bits per heavy atom. The number of nitrogens with zero attached hydrogens (tertiary/aromatic N) is 2. The molecule has 3 aromatic rings. The molecule has 5 rings (SSSR count). The van der Waals surface area contributed by atoms with Gasteiger partial charge in [0.05, 0.1) is 11.9 Å². The van der Waals surface area contributed by atoms with E-state index in [9.17, 15) is 4.79 Å². The molecule has 4 nitrogen and oxygen atoms in total. The predicted octanol–water partition coefficient (Wildman–Crippen LogP) is 4.66. The molecule has 2 aromatic heterocycles. The second kappa shape index (κ2) is 7.21. The van der Waals surface area contributed by atoms with Crippen molar-refractivity contribution in [2.24, 2.45) is 11.8 Å². The first-order valence-electron chi connectivity index (χ1n) is 10.1. The molecular formula is C22H25N3OS. The lowest BCUT2D eigenvalue weighted by Crippen LogP contribution is -2.41. The van der Waals surface area contributed by atoms with E-state index in [1.54, 1.807) is 11.3 Å². The SMILES string of the molecule is O=c1[nH]c(CN2CC[C@@H]3CCCC[C@@H]3C2)nc2sc(-c3ccccc3)cc12. The lowest BCUT2D eigenvalue weighted by Gasteiger charge is -2.41. The Morgan fingerprint density at radius 3 is 2.78 bits per heavy atom. The van der Waals surface area contributed by atoms with E-state index in [1.165, 1.54) is 32.1 Å². The van der Waals surface area contributed by atoms with E-state index >= 15 is 0 Å². The van der Waals surface area contributed by atoms with Gasteiger partial charge in [-0.2, -0.15) is 0 Å². The molecule has 1 N–H and O–H groups in total. The van der Waals surface area contributed by atoms with Crippen molar-refractivity contribution in [3.8, 4) is 10.4 Å². The first-order chi connectivity index (χ1) is 13.3. The molecule has 2 aliphatic rings. The number of likely N-dealkylation sites (tertiary alicyclic amines) is 1. The van der Waals surface area contributed by atoms with Gasteiger partial charge in [0.1, 0.15) is 10.7 Å². The molecule has 1 aromatic carbocycles. The number of rotatable bonds is 3. The van der Waals surface area contributed by atoms with Crippen LogP contribution in [0.2, 0.25) is 0 Å². The Labute approximate surface area is 163 Å². The summed E-state index contributed by atoms with van der Waals surface area (Å²) in [5.74, 6) is 2.58. The van der Waals surface area contributed by atoms with Crippen LogP contribution in [-0.4, -0.2) is 28.0 Å². The van der Waals surface area contributed by atoms with Crippen LogP contribution in [0.4, 0.5) is 0 Å². The lowest BCUT2D eigenvalue weighted by atomic mass is 9.75. The average molecular weight is 380 g/mol. The summed E-state index contributed by atoms with van der Waals surface area (Å²) in [5.41, 5.74) is 1.13. The third-order valence-corrected chi connectivity index (χ3v) is 7.34. The first kappa shape index (κ1) is 17.1. The fraction of sp³-hybridized carbons (Fsp3) is 0.455. The van der Waals surface area contributed by atoms with Gasteiger partial charge in [-0.25, -0.2) is 4.98 Å². The molecule has 2 fully saturated rings. The molecule has 0 bridgehead atoms. The van der Waals surface area contributed by atoms with Crippen LogP contribution < -0.4 is 5.56 Å². The zero-order valence-electron chi connectivity index (χ0n) is 15.5. The highest BCUT2D eigenvalue weighted by Gasteiger charge is 2.31. The van der Waals surface area contributed by atoms with Crippen LogP contribution in [0.5, 0.6) is 0 Å². The van der Waals surface area contributed by atoms with Crippen molar-refractivity contribution in [2.75, 3.05) is 13.1 Å². The fourth-order valence-electron chi connectivity index (χ4n) is 4.83. The van der Waals surface area contributed by atoms with Crippen molar-refractivity contribution in [3.63, 3.8) is 0 Å². The molecule has 2 atom stereocenters. The molecule has 0 spiro atoms. The van der Waals surface area contributed by atoms with Crippen molar-refractivity contribution < 1.29 is 0 Å².